The summed E-state index contributed by atoms with van der Waals surface area (Å²) >= 11 is 0. The van der Waals surface area contributed by atoms with Crippen LogP contribution in [-0.4, -0.2) is 21.5 Å². The zero-order chi connectivity index (χ0) is 14.6. The normalized spacial score (nSPS) is 24.1. The minimum Gasteiger partial charge on any atom is -0.388 e. The second kappa shape index (κ2) is 6.59. The molecule has 4 nitrogen and oxygen atoms in total. The van der Waals surface area contributed by atoms with Crippen LogP contribution in [0.15, 0.2) is 29.2 Å². The van der Waals surface area contributed by atoms with Crippen LogP contribution in [0.3, 0.4) is 0 Å². The van der Waals surface area contributed by atoms with Crippen LogP contribution in [-0.2, 0) is 10.0 Å². The van der Waals surface area contributed by atoms with Crippen molar-refractivity contribution in [3.8, 4) is 0 Å². The minimum absolute atomic E-state index is 0.0616. The van der Waals surface area contributed by atoms with Crippen molar-refractivity contribution in [1.82, 2.24) is 4.72 Å². The first-order valence-corrected chi connectivity index (χ1v) is 8.81. The van der Waals surface area contributed by atoms with Gasteiger partial charge in [0.15, 0.2) is 0 Å². The van der Waals surface area contributed by atoms with Crippen LogP contribution < -0.4 is 10.0 Å². The summed E-state index contributed by atoms with van der Waals surface area (Å²) in [6.07, 6.45) is 5.56. The van der Waals surface area contributed by atoms with Gasteiger partial charge >= 0.3 is 0 Å². The SMILES string of the molecule is CNc1ccc(S(=O)(=O)NC2CCCCCC2C)cc1. The average Bonchev–Trinajstić information content (AvgIpc) is 2.64. The molecule has 0 amide bonds. The van der Waals surface area contributed by atoms with Gasteiger partial charge in [0.1, 0.15) is 0 Å². The summed E-state index contributed by atoms with van der Waals surface area (Å²) in [6.45, 7) is 2.14. The number of hydrogen-bond donors (Lipinski definition) is 2. The summed E-state index contributed by atoms with van der Waals surface area (Å²) in [5.74, 6) is 0.406. The van der Waals surface area contributed by atoms with Crippen LogP contribution in [0.2, 0.25) is 0 Å². The Balaban J connectivity index is 2.12. The van der Waals surface area contributed by atoms with E-state index in [1.807, 2.05) is 7.05 Å². The van der Waals surface area contributed by atoms with Gasteiger partial charge in [-0.25, -0.2) is 13.1 Å². The van der Waals surface area contributed by atoms with E-state index in [9.17, 15) is 8.42 Å². The molecular weight excluding hydrogens is 272 g/mol. The fraction of sp³-hybridized carbons (Fsp3) is 0.600. The van der Waals surface area contributed by atoms with Crippen molar-refractivity contribution < 1.29 is 8.42 Å². The predicted molar refractivity (Wildman–Crippen MR) is 82.3 cm³/mol. The third-order valence-electron chi connectivity index (χ3n) is 4.12. The molecule has 0 radical (unpaired) electrons. The fourth-order valence-electron chi connectivity index (χ4n) is 2.74. The van der Waals surface area contributed by atoms with Crippen LogP contribution >= 0.6 is 0 Å². The highest BCUT2D eigenvalue weighted by Gasteiger charge is 2.25. The number of benzene rings is 1. The summed E-state index contributed by atoms with van der Waals surface area (Å²) in [5, 5.41) is 2.99. The Morgan fingerprint density at radius 1 is 1.05 bits per heavy atom. The monoisotopic (exact) mass is 296 g/mol. The Labute approximate surface area is 122 Å². The van der Waals surface area contributed by atoms with Crippen molar-refractivity contribution in [2.24, 2.45) is 5.92 Å². The lowest BCUT2D eigenvalue weighted by Gasteiger charge is -2.22. The highest BCUT2D eigenvalue weighted by Crippen LogP contribution is 2.24. The van der Waals surface area contributed by atoms with E-state index < -0.39 is 10.0 Å². The third kappa shape index (κ3) is 3.73. The zero-order valence-electron chi connectivity index (χ0n) is 12.2. The number of sulfonamides is 1. The van der Waals surface area contributed by atoms with E-state index >= 15 is 0 Å². The van der Waals surface area contributed by atoms with Crippen molar-refractivity contribution in [3.63, 3.8) is 0 Å². The first kappa shape index (κ1) is 15.3. The molecule has 2 N–H and O–H groups in total. The van der Waals surface area contributed by atoms with Crippen LogP contribution in [0.5, 0.6) is 0 Å². The van der Waals surface area contributed by atoms with E-state index in [1.165, 1.54) is 12.8 Å². The Kier molecular flexibility index (Phi) is 5.05. The van der Waals surface area contributed by atoms with Crippen molar-refractivity contribution in [1.29, 1.82) is 0 Å². The van der Waals surface area contributed by atoms with E-state index in [2.05, 4.69) is 17.0 Å². The van der Waals surface area contributed by atoms with Crippen molar-refractivity contribution in [2.75, 3.05) is 12.4 Å². The highest BCUT2D eigenvalue weighted by atomic mass is 32.2. The molecule has 0 heterocycles. The molecule has 1 aromatic rings. The molecule has 0 saturated heterocycles. The maximum absolute atomic E-state index is 12.4. The van der Waals surface area contributed by atoms with E-state index in [4.69, 9.17) is 0 Å². The molecule has 1 saturated carbocycles. The van der Waals surface area contributed by atoms with Gasteiger partial charge in [-0.1, -0.05) is 26.2 Å². The second-order valence-electron chi connectivity index (χ2n) is 5.62. The Hall–Kier alpha value is -1.07. The fourth-order valence-corrected chi connectivity index (χ4v) is 4.12. The maximum atomic E-state index is 12.4. The predicted octanol–water partition coefficient (Wildman–Crippen LogP) is 2.98. The van der Waals surface area contributed by atoms with Gasteiger partial charge in [-0.15, -0.1) is 0 Å². The molecule has 0 aromatic heterocycles. The minimum atomic E-state index is -3.41. The molecular formula is C15H24N2O2S. The summed E-state index contributed by atoms with van der Waals surface area (Å²) < 4.78 is 27.7. The summed E-state index contributed by atoms with van der Waals surface area (Å²) in [7, 11) is -1.60. The van der Waals surface area contributed by atoms with Gasteiger partial charge in [0.2, 0.25) is 10.0 Å². The first-order chi connectivity index (χ1) is 9.53. The first-order valence-electron chi connectivity index (χ1n) is 7.33. The van der Waals surface area contributed by atoms with Gasteiger partial charge in [0, 0.05) is 18.8 Å². The topological polar surface area (TPSA) is 58.2 Å². The molecule has 1 aliphatic rings. The molecule has 0 aliphatic heterocycles. The lowest BCUT2D eigenvalue weighted by molar-refractivity contribution is 0.399. The van der Waals surface area contributed by atoms with Gasteiger partial charge in [-0.3, -0.25) is 0 Å². The van der Waals surface area contributed by atoms with Crippen LogP contribution in [0.25, 0.3) is 0 Å². The maximum Gasteiger partial charge on any atom is 0.240 e. The standard InChI is InChI=1S/C15H24N2O2S/c1-12-6-4-3-5-7-15(12)17-20(18,19)14-10-8-13(16-2)9-11-14/h8-12,15-17H,3-7H2,1-2H3. The van der Waals surface area contributed by atoms with E-state index in [0.717, 1.165) is 24.9 Å². The molecule has 1 aliphatic carbocycles. The highest BCUT2D eigenvalue weighted by molar-refractivity contribution is 7.89. The lowest BCUT2D eigenvalue weighted by Crippen LogP contribution is -2.38. The Bertz CT molecular complexity index is 525. The average molecular weight is 296 g/mol. The molecule has 2 unspecified atom stereocenters. The van der Waals surface area contributed by atoms with E-state index in [1.54, 1.807) is 24.3 Å². The molecule has 2 rings (SSSR count). The number of hydrogen-bond acceptors (Lipinski definition) is 3. The molecule has 5 heteroatoms. The second-order valence-corrected chi connectivity index (χ2v) is 7.33. The van der Waals surface area contributed by atoms with Crippen molar-refractivity contribution >= 4 is 15.7 Å². The zero-order valence-corrected chi connectivity index (χ0v) is 13.0. The lowest BCUT2D eigenvalue weighted by atomic mass is 9.98. The quantitative estimate of drug-likeness (QED) is 0.840. The molecule has 20 heavy (non-hydrogen) atoms. The molecule has 0 spiro atoms. The van der Waals surface area contributed by atoms with Gasteiger partial charge in [0.05, 0.1) is 4.90 Å². The summed E-state index contributed by atoms with van der Waals surface area (Å²) in [5.41, 5.74) is 0.909. The van der Waals surface area contributed by atoms with Gasteiger partial charge in [-0.05, 0) is 43.0 Å². The summed E-state index contributed by atoms with van der Waals surface area (Å²) in [6, 6.07) is 6.92. The van der Waals surface area contributed by atoms with Crippen LogP contribution in [0, 0.1) is 5.92 Å². The molecule has 1 fully saturated rings. The van der Waals surface area contributed by atoms with Gasteiger partial charge in [-0.2, -0.15) is 0 Å². The van der Waals surface area contributed by atoms with Crippen molar-refractivity contribution in [3.05, 3.63) is 24.3 Å². The van der Waals surface area contributed by atoms with Crippen LogP contribution in [0.1, 0.15) is 39.0 Å². The van der Waals surface area contributed by atoms with E-state index in [-0.39, 0.29) is 6.04 Å². The molecule has 1 aromatic carbocycles. The van der Waals surface area contributed by atoms with Gasteiger partial charge in [0.25, 0.3) is 0 Å². The Morgan fingerprint density at radius 2 is 1.70 bits per heavy atom. The molecule has 2 atom stereocenters. The number of anilines is 1. The Morgan fingerprint density at radius 3 is 2.35 bits per heavy atom. The largest absolute Gasteiger partial charge is 0.388 e. The summed E-state index contributed by atoms with van der Waals surface area (Å²) in [4.78, 5) is 0.341. The third-order valence-corrected chi connectivity index (χ3v) is 5.63. The molecule has 0 bridgehead atoms. The smallest absolute Gasteiger partial charge is 0.240 e. The number of nitrogens with one attached hydrogen (secondary N) is 2. The van der Waals surface area contributed by atoms with E-state index in [0.29, 0.717) is 10.8 Å². The van der Waals surface area contributed by atoms with Gasteiger partial charge < -0.3 is 5.32 Å². The molecule has 112 valence electrons. The van der Waals surface area contributed by atoms with Crippen LogP contribution in [0.4, 0.5) is 5.69 Å². The van der Waals surface area contributed by atoms with Crippen molar-refractivity contribution in [2.45, 2.75) is 50.0 Å². The number of rotatable bonds is 4.